The van der Waals surface area contributed by atoms with Crippen LogP contribution in [0.25, 0.3) is 0 Å². The van der Waals surface area contributed by atoms with E-state index in [0.29, 0.717) is 0 Å². The van der Waals surface area contributed by atoms with E-state index in [1.54, 1.807) is 27.7 Å². The molecular weight excluding hydrogens is 222 g/mol. The van der Waals surface area contributed by atoms with Crippen LogP contribution in [-0.2, 0) is 0 Å². The minimum Gasteiger partial charge on any atom is -0.388 e. The Morgan fingerprint density at radius 1 is 1.41 bits per heavy atom. The maximum atomic E-state index is 10.8. The molecule has 0 radical (unpaired) electrons. The van der Waals surface area contributed by atoms with Crippen LogP contribution in [0, 0.1) is 10.1 Å². The minimum atomic E-state index is -1.04. The van der Waals surface area contributed by atoms with Crippen LogP contribution in [0.15, 0.2) is 18.3 Å². The quantitative estimate of drug-likeness (QED) is 0.619. The highest BCUT2D eigenvalue weighted by atomic mass is 16.6. The van der Waals surface area contributed by atoms with Gasteiger partial charge in [0.1, 0.15) is 0 Å². The summed E-state index contributed by atoms with van der Waals surface area (Å²) in [4.78, 5) is 14.3. The predicted octanol–water partition coefficient (Wildman–Crippen LogP) is 1.95. The highest BCUT2D eigenvalue weighted by Gasteiger charge is 2.36. The molecule has 6 heteroatoms. The monoisotopic (exact) mass is 239 g/mol. The second-order valence-electron chi connectivity index (χ2n) is 4.94. The molecule has 0 saturated heterocycles. The minimum absolute atomic E-state index is 0.107. The Hall–Kier alpha value is -1.69. The Morgan fingerprint density at radius 3 is 2.47 bits per heavy atom. The van der Waals surface area contributed by atoms with Crippen molar-refractivity contribution in [1.29, 1.82) is 0 Å². The van der Waals surface area contributed by atoms with E-state index in [4.69, 9.17) is 0 Å². The van der Waals surface area contributed by atoms with Crippen LogP contribution in [0.3, 0.4) is 0 Å². The van der Waals surface area contributed by atoms with Crippen LogP contribution in [0.4, 0.5) is 11.5 Å². The summed E-state index contributed by atoms with van der Waals surface area (Å²) in [6.45, 7) is 6.78. The SMILES string of the molecule is CC(C)(O)C(C)(C)Nc1ncccc1[N+](=O)[O-]. The maximum Gasteiger partial charge on any atom is 0.311 e. The van der Waals surface area contributed by atoms with Crippen LogP contribution < -0.4 is 5.32 Å². The van der Waals surface area contributed by atoms with E-state index in [9.17, 15) is 15.2 Å². The zero-order chi connectivity index (χ0) is 13.3. The third kappa shape index (κ3) is 2.91. The number of hydrogen-bond acceptors (Lipinski definition) is 5. The van der Waals surface area contributed by atoms with Gasteiger partial charge in [-0.05, 0) is 33.8 Å². The topological polar surface area (TPSA) is 88.3 Å². The molecule has 1 aromatic heterocycles. The van der Waals surface area contributed by atoms with Gasteiger partial charge >= 0.3 is 5.69 Å². The fourth-order valence-corrected chi connectivity index (χ4v) is 1.09. The van der Waals surface area contributed by atoms with Crippen LogP contribution in [0.5, 0.6) is 0 Å². The first-order chi connectivity index (χ1) is 7.65. The zero-order valence-corrected chi connectivity index (χ0v) is 10.4. The second-order valence-corrected chi connectivity index (χ2v) is 4.94. The third-order valence-electron chi connectivity index (χ3n) is 2.94. The third-order valence-corrected chi connectivity index (χ3v) is 2.94. The number of aromatic nitrogens is 1. The van der Waals surface area contributed by atoms with Gasteiger partial charge in [0, 0.05) is 12.3 Å². The molecule has 0 aliphatic rings. The number of aliphatic hydroxyl groups is 1. The van der Waals surface area contributed by atoms with Crippen molar-refractivity contribution in [3.05, 3.63) is 28.4 Å². The Bertz CT molecular complexity index is 424. The Kier molecular flexibility index (Phi) is 3.38. The van der Waals surface area contributed by atoms with Crippen molar-refractivity contribution in [2.75, 3.05) is 5.32 Å². The van der Waals surface area contributed by atoms with Gasteiger partial charge in [-0.25, -0.2) is 4.98 Å². The van der Waals surface area contributed by atoms with Gasteiger partial charge in [-0.3, -0.25) is 10.1 Å². The smallest absolute Gasteiger partial charge is 0.311 e. The fourth-order valence-electron chi connectivity index (χ4n) is 1.09. The highest BCUT2D eigenvalue weighted by Crippen LogP contribution is 2.29. The molecule has 0 spiro atoms. The van der Waals surface area contributed by atoms with Crippen molar-refractivity contribution >= 4 is 11.5 Å². The lowest BCUT2D eigenvalue weighted by Crippen LogP contribution is -2.51. The number of rotatable bonds is 4. The standard InChI is InChI=1S/C11H17N3O3/c1-10(2,11(3,4)15)13-9-8(14(16)17)6-5-7-12-9/h5-7,15H,1-4H3,(H,12,13). The summed E-state index contributed by atoms with van der Waals surface area (Å²) in [5.41, 5.74) is -1.89. The van der Waals surface area contributed by atoms with E-state index in [1.165, 1.54) is 18.3 Å². The molecule has 0 fully saturated rings. The first-order valence-electron chi connectivity index (χ1n) is 5.25. The molecule has 2 N–H and O–H groups in total. The van der Waals surface area contributed by atoms with Gasteiger partial charge in [0.25, 0.3) is 0 Å². The average molecular weight is 239 g/mol. The number of anilines is 1. The van der Waals surface area contributed by atoms with Crippen LogP contribution in [0.1, 0.15) is 27.7 Å². The van der Waals surface area contributed by atoms with E-state index in [0.717, 1.165) is 0 Å². The lowest BCUT2D eigenvalue weighted by Gasteiger charge is -2.38. The van der Waals surface area contributed by atoms with Gasteiger partial charge < -0.3 is 10.4 Å². The molecule has 0 saturated carbocycles. The Labute approximate surface area is 99.8 Å². The fraction of sp³-hybridized carbons (Fsp3) is 0.545. The lowest BCUT2D eigenvalue weighted by atomic mass is 9.86. The molecule has 0 aromatic carbocycles. The summed E-state index contributed by atoms with van der Waals surface area (Å²) in [5.74, 6) is 0.157. The normalized spacial score (nSPS) is 12.3. The summed E-state index contributed by atoms with van der Waals surface area (Å²) in [5, 5.41) is 23.7. The molecule has 1 heterocycles. The maximum absolute atomic E-state index is 10.8. The summed E-state index contributed by atoms with van der Waals surface area (Å²) < 4.78 is 0. The molecule has 1 rings (SSSR count). The first-order valence-corrected chi connectivity index (χ1v) is 5.25. The van der Waals surface area contributed by atoms with Crippen LogP contribution >= 0.6 is 0 Å². The highest BCUT2D eigenvalue weighted by molar-refractivity contribution is 5.56. The molecule has 6 nitrogen and oxygen atoms in total. The largest absolute Gasteiger partial charge is 0.388 e. The molecule has 0 bridgehead atoms. The van der Waals surface area contributed by atoms with E-state index in [1.807, 2.05) is 0 Å². The number of nitrogens with zero attached hydrogens (tertiary/aromatic N) is 2. The van der Waals surface area contributed by atoms with Crippen molar-refractivity contribution in [2.24, 2.45) is 0 Å². The molecule has 0 amide bonds. The van der Waals surface area contributed by atoms with Gasteiger partial charge in [0.05, 0.1) is 16.1 Å². The second kappa shape index (κ2) is 4.29. The van der Waals surface area contributed by atoms with E-state index >= 15 is 0 Å². The molecule has 94 valence electrons. The molecular formula is C11H17N3O3. The van der Waals surface area contributed by atoms with Crippen molar-refractivity contribution in [2.45, 2.75) is 38.8 Å². The number of pyridine rings is 1. The van der Waals surface area contributed by atoms with Crippen molar-refractivity contribution < 1.29 is 10.0 Å². The van der Waals surface area contributed by atoms with Gasteiger partial charge in [0.2, 0.25) is 5.82 Å². The van der Waals surface area contributed by atoms with Gasteiger partial charge in [-0.2, -0.15) is 0 Å². The molecule has 17 heavy (non-hydrogen) atoms. The van der Waals surface area contributed by atoms with Crippen LogP contribution in [-0.4, -0.2) is 26.2 Å². The molecule has 0 atom stereocenters. The van der Waals surface area contributed by atoms with Gasteiger partial charge in [-0.1, -0.05) is 0 Å². The van der Waals surface area contributed by atoms with E-state index < -0.39 is 16.1 Å². The van der Waals surface area contributed by atoms with Gasteiger partial charge in [-0.15, -0.1) is 0 Å². The number of hydrogen-bond donors (Lipinski definition) is 2. The van der Waals surface area contributed by atoms with E-state index in [-0.39, 0.29) is 11.5 Å². The summed E-state index contributed by atoms with van der Waals surface area (Å²) >= 11 is 0. The zero-order valence-electron chi connectivity index (χ0n) is 10.4. The van der Waals surface area contributed by atoms with Gasteiger partial charge in [0.15, 0.2) is 0 Å². The first kappa shape index (κ1) is 13.4. The van der Waals surface area contributed by atoms with Crippen LogP contribution in [0.2, 0.25) is 0 Å². The summed E-state index contributed by atoms with van der Waals surface area (Å²) in [7, 11) is 0. The molecule has 0 unspecified atom stereocenters. The Morgan fingerprint density at radius 2 is 2.00 bits per heavy atom. The van der Waals surface area contributed by atoms with Crippen molar-refractivity contribution in [1.82, 2.24) is 4.98 Å². The van der Waals surface area contributed by atoms with Crippen molar-refractivity contribution in [3.8, 4) is 0 Å². The molecule has 1 aromatic rings. The predicted molar refractivity (Wildman–Crippen MR) is 64.9 cm³/mol. The summed E-state index contributed by atoms with van der Waals surface area (Å²) in [6.07, 6.45) is 1.47. The summed E-state index contributed by atoms with van der Waals surface area (Å²) in [6, 6.07) is 2.87. The lowest BCUT2D eigenvalue weighted by molar-refractivity contribution is -0.384. The number of nitro groups is 1. The Balaban J connectivity index is 3.08. The molecule has 0 aliphatic carbocycles. The van der Waals surface area contributed by atoms with E-state index in [2.05, 4.69) is 10.3 Å². The molecule has 0 aliphatic heterocycles. The average Bonchev–Trinajstić information content (AvgIpc) is 2.15. The van der Waals surface area contributed by atoms with Crippen molar-refractivity contribution in [3.63, 3.8) is 0 Å². The number of nitrogens with one attached hydrogen (secondary N) is 1.